The molecule has 0 saturated carbocycles. The Kier molecular flexibility index (Phi) is 12.4. The van der Waals surface area contributed by atoms with Gasteiger partial charge in [-0.3, -0.25) is 0 Å². The predicted octanol–water partition coefficient (Wildman–Crippen LogP) is 7.59. The van der Waals surface area contributed by atoms with Crippen LogP contribution in [0.25, 0.3) is 0 Å². The molecule has 5 aromatic rings. The van der Waals surface area contributed by atoms with Gasteiger partial charge in [-0.25, -0.2) is 14.4 Å². The molecule has 4 aromatic carbocycles. The lowest BCUT2D eigenvalue weighted by Gasteiger charge is -2.19. The topological polar surface area (TPSA) is 326 Å². The van der Waals surface area contributed by atoms with E-state index >= 15 is 0 Å². The minimum Gasteiger partial charge on any atom is -0.494 e. The van der Waals surface area contributed by atoms with Gasteiger partial charge in [0.15, 0.2) is 0 Å². The molecule has 0 bridgehead atoms. The van der Waals surface area contributed by atoms with Crippen molar-refractivity contribution in [2.24, 2.45) is 20.5 Å². The zero-order valence-electron chi connectivity index (χ0n) is 29.1. The largest absolute Gasteiger partial charge is 0.494 e. The highest BCUT2D eigenvalue weighted by Crippen LogP contribution is 2.45. The average molecular weight is 789 g/mol. The summed E-state index contributed by atoms with van der Waals surface area (Å²) in [5, 5.41) is 62.8. The SMILES string of the molecule is COc1cc(N=Nc2cc(C(=O)O)cc(C(=O)O)c2)ccc1Nc1nc(NCCO)nc(Nc2ccc(N=Nc3ccc(S(O)(O)O)cc3C(=O)O)c(C)c2)n1. The average Bonchev–Trinajstić information content (AvgIpc) is 3.15. The van der Waals surface area contributed by atoms with Crippen molar-refractivity contribution in [1.29, 1.82) is 0 Å². The number of aryl methyl sites for hydroxylation is 1. The Morgan fingerprint density at radius 3 is 1.93 bits per heavy atom. The van der Waals surface area contributed by atoms with Crippen molar-refractivity contribution in [3.8, 4) is 5.75 Å². The fourth-order valence-electron chi connectivity index (χ4n) is 4.76. The molecule has 0 aliphatic rings. The third-order valence-electron chi connectivity index (χ3n) is 7.39. The first-order valence-corrected chi connectivity index (χ1v) is 17.4. The lowest BCUT2D eigenvalue weighted by Crippen LogP contribution is -2.12. The smallest absolute Gasteiger partial charge is 0.338 e. The van der Waals surface area contributed by atoms with Crippen LogP contribution < -0.4 is 20.7 Å². The Labute approximate surface area is 317 Å². The van der Waals surface area contributed by atoms with Crippen molar-refractivity contribution in [3.63, 3.8) is 0 Å². The number of rotatable bonds is 16. The van der Waals surface area contributed by atoms with Crippen LogP contribution in [0, 0.1) is 6.92 Å². The molecule has 290 valence electrons. The number of carboxylic acid groups (broad SMARTS) is 3. The summed E-state index contributed by atoms with van der Waals surface area (Å²) >= 11 is 0. The maximum atomic E-state index is 11.7. The van der Waals surface area contributed by atoms with Crippen LogP contribution in [-0.2, 0) is 0 Å². The second-order valence-electron chi connectivity index (χ2n) is 11.4. The summed E-state index contributed by atoms with van der Waals surface area (Å²) in [4.78, 5) is 47.4. The number of ether oxygens (including phenoxy) is 1. The predicted molar refractivity (Wildman–Crippen MR) is 202 cm³/mol. The van der Waals surface area contributed by atoms with Gasteiger partial charge in [0.1, 0.15) is 22.3 Å². The summed E-state index contributed by atoms with van der Waals surface area (Å²) in [6.07, 6.45) is 0. The van der Waals surface area contributed by atoms with E-state index in [0.29, 0.717) is 22.6 Å². The number of benzene rings is 4. The molecule has 21 nitrogen and oxygen atoms in total. The molecule has 0 amide bonds. The van der Waals surface area contributed by atoms with E-state index in [1.165, 1.54) is 31.4 Å². The molecule has 0 atom stereocenters. The van der Waals surface area contributed by atoms with E-state index in [-0.39, 0.29) is 69.8 Å². The Balaban J connectivity index is 1.36. The summed E-state index contributed by atoms with van der Waals surface area (Å²) in [6, 6.07) is 16.2. The summed E-state index contributed by atoms with van der Waals surface area (Å²) in [7, 11) is -2.73. The number of nitrogens with one attached hydrogen (secondary N) is 3. The van der Waals surface area contributed by atoms with Crippen LogP contribution in [0.1, 0.15) is 36.6 Å². The number of carbonyl (C=O) groups is 3. The van der Waals surface area contributed by atoms with E-state index in [0.717, 1.165) is 18.2 Å². The maximum Gasteiger partial charge on any atom is 0.338 e. The molecule has 22 heteroatoms. The van der Waals surface area contributed by atoms with Gasteiger partial charge in [0.2, 0.25) is 17.8 Å². The van der Waals surface area contributed by atoms with E-state index < -0.39 is 34.3 Å². The van der Waals surface area contributed by atoms with E-state index in [1.807, 2.05) is 0 Å². The van der Waals surface area contributed by atoms with Crippen LogP contribution in [0.2, 0.25) is 0 Å². The van der Waals surface area contributed by atoms with Crippen LogP contribution in [0.3, 0.4) is 0 Å². The highest BCUT2D eigenvalue weighted by molar-refractivity contribution is 8.19. The Bertz CT molecular complexity index is 2340. The number of hydrogen-bond donors (Lipinski definition) is 10. The molecule has 0 unspecified atom stereocenters. The van der Waals surface area contributed by atoms with E-state index in [2.05, 4.69) is 51.4 Å². The zero-order valence-corrected chi connectivity index (χ0v) is 30.0. The summed E-state index contributed by atoms with van der Waals surface area (Å²) in [6.45, 7) is 1.65. The third kappa shape index (κ3) is 10.3. The first kappa shape index (κ1) is 40.1. The number of azo groups is 2. The standard InChI is InChI=1S/C34H32N10O11S/c1-17-11-20(3-6-25(17)43-44-26-8-5-23(56(52,53)54)16-24(26)31(50)51)36-33-38-32(35-9-10-45)39-34(40-33)37-27-7-4-21(15-28(27)55-2)41-42-22-13-18(29(46)47)12-19(14-22)30(48)49/h3-8,11-16,45,52-54H,9-10H2,1-2H3,(H,46,47)(H,48,49)(H,50,51)(H3,35,36,37,38,39,40). The number of carboxylic acids is 3. The van der Waals surface area contributed by atoms with Crippen molar-refractivity contribution >= 4 is 80.7 Å². The van der Waals surface area contributed by atoms with E-state index in [4.69, 9.17) is 4.74 Å². The molecule has 56 heavy (non-hydrogen) atoms. The van der Waals surface area contributed by atoms with Crippen molar-refractivity contribution in [2.75, 3.05) is 36.2 Å². The van der Waals surface area contributed by atoms with Crippen molar-refractivity contribution in [3.05, 3.63) is 95.1 Å². The minimum absolute atomic E-state index is 0.00948. The highest BCUT2D eigenvalue weighted by Gasteiger charge is 2.20. The third-order valence-corrected chi connectivity index (χ3v) is 8.27. The number of methoxy groups -OCH3 is 1. The monoisotopic (exact) mass is 788 g/mol. The minimum atomic E-state index is -4.14. The van der Waals surface area contributed by atoms with Crippen molar-refractivity contribution in [2.45, 2.75) is 11.8 Å². The van der Waals surface area contributed by atoms with Gasteiger partial charge in [0.25, 0.3) is 0 Å². The Morgan fingerprint density at radius 1 is 0.696 bits per heavy atom. The van der Waals surface area contributed by atoms with Crippen LogP contribution >= 0.6 is 10.9 Å². The number of aliphatic hydroxyl groups excluding tert-OH is 1. The molecule has 0 saturated heterocycles. The molecule has 0 radical (unpaired) electrons. The molecule has 1 heterocycles. The number of hydrogen-bond acceptors (Lipinski definition) is 18. The molecule has 10 N–H and O–H groups in total. The van der Waals surface area contributed by atoms with Crippen LogP contribution in [-0.4, -0.2) is 87.2 Å². The number of aromatic carboxylic acids is 3. The lowest BCUT2D eigenvalue weighted by atomic mass is 10.1. The molecule has 0 aliphatic carbocycles. The summed E-state index contributed by atoms with van der Waals surface area (Å²) in [5.41, 5.74) is 1.17. The van der Waals surface area contributed by atoms with Gasteiger partial charge < -0.3 is 54.8 Å². The maximum absolute atomic E-state index is 11.7. The summed E-state index contributed by atoms with van der Waals surface area (Å²) in [5.74, 6) is -3.53. The quantitative estimate of drug-likeness (QED) is 0.0430. The van der Waals surface area contributed by atoms with E-state index in [1.54, 1.807) is 37.3 Å². The van der Waals surface area contributed by atoms with Gasteiger partial charge in [0, 0.05) is 18.3 Å². The van der Waals surface area contributed by atoms with Gasteiger partial charge >= 0.3 is 17.9 Å². The number of anilines is 5. The highest BCUT2D eigenvalue weighted by atomic mass is 32.3. The molecular weight excluding hydrogens is 757 g/mol. The fraction of sp³-hybridized carbons (Fsp3) is 0.118. The summed E-state index contributed by atoms with van der Waals surface area (Å²) < 4.78 is 34.0. The number of aliphatic hydroxyl groups is 1. The van der Waals surface area contributed by atoms with Crippen LogP contribution in [0.4, 0.5) is 52.0 Å². The first-order valence-electron chi connectivity index (χ1n) is 15.9. The van der Waals surface area contributed by atoms with Crippen LogP contribution in [0.5, 0.6) is 5.75 Å². The molecule has 0 fully saturated rings. The van der Waals surface area contributed by atoms with Crippen molar-refractivity contribution < 1.29 is 53.2 Å². The van der Waals surface area contributed by atoms with Crippen LogP contribution in [0.15, 0.2) is 98.1 Å². The molecule has 1 aromatic heterocycles. The number of aromatic nitrogens is 3. The fourth-order valence-corrected chi connectivity index (χ4v) is 5.28. The first-order chi connectivity index (χ1) is 26.6. The molecule has 5 rings (SSSR count). The van der Waals surface area contributed by atoms with Crippen molar-refractivity contribution in [1.82, 2.24) is 15.0 Å². The van der Waals surface area contributed by atoms with Gasteiger partial charge in [-0.15, -0.1) is 5.11 Å². The second-order valence-corrected chi connectivity index (χ2v) is 12.9. The van der Waals surface area contributed by atoms with Gasteiger partial charge in [-0.05, 0) is 79.2 Å². The van der Waals surface area contributed by atoms with E-state index in [9.17, 15) is 48.5 Å². The zero-order chi connectivity index (χ0) is 40.6. The van der Waals surface area contributed by atoms with Gasteiger partial charge in [-0.2, -0.15) is 30.3 Å². The Hall–Kier alpha value is -7.11. The molecule has 0 aliphatic heterocycles. The number of nitrogens with zero attached hydrogens (tertiary/aromatic N) is 7. The molecule has 0 spiro atoms. The molecular formula is C34H32N10O11S. The second kappa shape index (κ2) is 17.4. The normalized spacial score (nSPS) is 11.8. The van der Waals surface area contributed by atoms with Gasteiger partial charge in [-0.1, -0.05) is 0 Å². The van der Waals surface area contributed by atoms with Gasteiger partial charge in [0.05, 0.1) is 58.1 Å². The Morgan fingerprint density at radius 2 is 1.32 bits per heavy atom. The lowest BCUT2D eigenvalue weighted by molar-refractivity contribution is 0.0682.